The number of ether oxygens (including phenoxy) is 2. The van der Waals surface area contributed by atoms with Gasteiger partial charge in [-0.1, -0.05) is 12.1 Å². The third-order valence-electron chi connectivity index (χ3n) is 6.84. The van der Waals surface area contributed by atoms with E-state index in [9.17, 15) is 0 Å². The number of halogens is 2. The summed E-state index contributed by atoms with van der Waals surface area (Å²) in [7, 11) is 2.09. The maximum Gasteiger partial charge on any atom is 0.254 e. The summed E-state index contributed by atoms with van der Waals surface area (Å²) in [6.45, 7) is 8.24. The van der Waals surface area contributed by atoms with Gasteiger partial charge < -0.3 is 24.3 Å². The zero-order valence-corrected chi connectivity index (χ0v) is 21.3. The highest BCUT2D eigenvalue weighted by Crippen LogP contribution is 2.34. The number of fused-ring (bicyclic) bond motifs is 1. The van der Waals surface area contributed by atoms with Crippen LogP contribution in [0.25, 0.3) is 10.9 Å². The molecule has 0 unspecified atom stereocenters. The van der Waals surface area contributed by atoms with Crippen molar-refractivity contribution in [1.29, 1.82) is 0 Å². The van der Waals surface area contributed by atoms with E-state index >= 15 is 8.78 Å². The van der Waals surface area contributed by atoms with Gasteiger partial charge in [-0.3, -0.25) is 10.3 Å². The summed E-state index contributed by atoms with van der Waals surface area (Å²) in [6.07, 6.45) is 3.41. The number of benzene rings is 1. The molecule has 0 bridgehead atoms. The van der Waals surface area contributed by atoms with Crippen molar-refractivity contribution < 1.29 is 18.3 Å². The Morgan fingerprint density at radius 2 is 1.92 bits per heavy atom. The fourth-order valence-electron chi connectivity index (χ4n) is 4.62. The smallest absolute Gasteiger partial charge is 0.254 e. The summed E-state index contributed by atoms with van der Waals surface area (Å²) in [4.78, 5) is 13.5. The van der Waals surface area contributed by atoms with E-state index in [1.54, 1.807) is 11.1 Å². The van der Waals surface area contributed by atoms with E-state index in [0.29, 0.717) is 32.8 Å². The number of anilines is 2. The average molecular weight is 514 g/mol. The fraction of sp³-hybridized carbons (Fsp3) is 0.462. The molecule has 0 saturated carbocycles. The molecule has 5 rings (SSSR count). The average Bonchev–Trinajstić information content (AvgIpc) is 3.30. The van der Waals surface area contributed by atoms with E-state index in [4.69, 9.17) is 9.47 Å². The number of likely N-dealkylation sites (N-methyl/N-ethyl adjacent to an activating group) is 1. The van der Waals surface area contributed by atoms with E-state index in [1.807, 2.05) is 31.3 Å². The first kappa shape index (κ1) is 25.4. The zero-order valence-electron chi connectivity index (χ0n) is 21.3. The second-order valence-corrected chi connectivity index (χ2v) is 9.50. The Morgan fingerprint density at radius 1 is 1.14 bits per heavy atom. The van der Waals surface area contributed by atoms with Crippen LogP contribution in [-0.2, 0) is 4.74 Å². The largest absolute Gasteiger partial charge is 0.474 e. The third kappa shape index (κ3) is 5.84. The van der Waals surface area contributed by atoms with Crippen molar-refractivity contribution in [3.8, 4) is 5.88 Å². The highest BCUT2D eigenvalue weighted by atomic mass is 19.1. The molecule has 3 aromatic rings. The molecule has 2 N–H and O–H groups in total. The van der Waals surface area contributed by atoms with Crippen molar-refractivity contribution in [1.82, 2.24) is 19.8 Å². The number of H-pyrrole nitrogens is 1. The quantitative estimate of drug-likeness (QED) is 0.354. The fourth-order valence-corrected chi connectivity index (χ4v) is 4.62. The number of hydrogen-bond acceptors (Lipinski definition) is 8. The van der Waals surface area contributed by atoms with Crippen molar-refractivity contribution in [3.05, 3.63) is 47.2 Å². The first-order chi connectivity index (χ1) is 18.0. The predicted molar refractivity (Wildman–Crippen MR) is 141 cm³/mol. The Hall–Kier alpha value is -3.28. The Morgan fingerprint density at radius 3 is 2.70 bits per heavy atom. The van der Waals surface area contributed by atoms with Crippen LogP contribution < -0.4 is 15.1 Å². The van der Waals surface area contributed by atoms with E-state index < -0.39 is 11.6 Å². The number of nitrogens with one attached hydrogen (secondary N) is 2. The van der Waals surface area contributed by atoms with Crippen LogP contribution in [0.4, 0.5) is 20.3 Å². The summed E-state index contributed by atoms with van der Waals surface area (Å²) < 4.78 is 42.1. The van der Waals surface area contributed by atoms with Crippen LogP contribution in [0.2, 0.25) is 0 Å². The van der Waals surface area contributed by atoms with Crippen LogP contribution in [-0.4, -0.2) is 98.7 Å². The number of piperazine rings is 1. The minimum Gasteiger partial charge on any atom is -0.474 e. The highest BCUT2D eigenvalue weighted by molar-refractivity contribution is 5.99. The number of hydrazone groups is 1. The lowest BCUT2D eigenvalue weighted by atomic mass is 10.1. The summed E-state index contributed by atoms with van der Waals surface area (Å²) in [6, 6.07) is 6.06. The lowest BCUT2D eigenvalue weighted by Gasteiger charge is -2.32. The molecule has 2 aromatic heterocycles. The van der Waals surface area contributed by atoms with Crippen LogP contribution in [0, 0.1) is 18.6 Å². The van der Waals surface area contributed by atoms with Gasteiger partial charge >= 0.3 is 0 Å². The summed E-state index contributed by atoms with van der Waals surface area (Å²) in [5.74, 6) is -2.04. The van der Waals surface area contributed by atoms with Gasteiger partial charge in [-0.15, -0.1) is 0 Å². The minimum absolute atomic E-state index is 0.173. The number of rotatable bonds is 8. The van der Waals surface area contributed by atoms with E-state index in [1.165, 1.54) is 0 Å². The lowest BCUT2D eigenvalue weighted by Crippen LogP contribution is -2.45. The predicted octanol–water partition coefficient (Wildman–Crippen LogP) is 3.06. The van der Waals surface area contributed by atoms with Gasteiger partial charge in [0.25, 0.3) is 5.88 Å². The van der Waals surface area contributed by atoms with Crippen molar-refractivity contribution >= 4 is 28.6 Å². The molecular weight excluding hydrogens is 480 g/mol. The number of morpholine rings is 1. The SMILES string of the molecule is Cc1ccc2c(C=NNc3nc(OCCN4CCN(C)CC4)c(F)c(N4CCOCC4)c3F)c[nH]c2c1. The molecule has 2 saturated heterocycles. The molecule has 2 aliphatic rings. The summed E-state index contributed by atoms with van der Waals surface area (Å²) in [5.41, 5.74) is 5.46. The van der Waals surface area contributed by atoms with Crippen LogP contribution in [0.3, 0.4) is 0 Å². The first-order valence-corrected chi connectivity index (χ1v) is 12.6. The highest BCUT2D eigenvalue weighted by Gasteiger charge is 2.27. The molecule has 0 spiro atoms. The Bertz CT molecular complexity index is 1250. The zero-order chi connectivity index (χ0) is 25.8. The summed E-state index contributed by atoms with van der Waals surface area (Å²) >= 11 is 0. The number of aryl methyl sites for hydroxylation is 1. The Labute approximate surface area is 215 Å². The molecule has 4 heterocycles. The lowest BCUT2D eigenvalue weighted by molar-refractivity contribution is 0.121. The molecule has 0 aliphatic carbocycles. The third-order valence-corrected chi connectivity index (χ3v) is 6.84. The Balaban J connectivity index is 1.35. The molecule has 0 amide bonds. The minimum atomic E-state index is -0.808. The van der Waals surface area contributed by atoms with E-state index in [2.05, 4.69) is 37.3 Å². The van der Waals surface area contributed by atoms with Gasteiger partial charge in [-0.05, 0) is 25.6 Å². The molecule has 9 nitrogen and oxygen atoms in total. The molecular formula is C26H33F2N7O2. The summed E-state index contributed by atoms with van der Waals surface area (Å²) in [5, 5.41) is 5.20. The van der Waals surface area contributed by atoms with Gasteiger partial charge in [0.2, 0.25) is 5.82 Å². The van der Waals surface area contributed by atoms with E-state index in [0.717, 1.165) is 48.2 Å². The van der Waals surface area contributed by atoms with Crippen LogP contribution in [0.15, 0.2) is 29.5 Å². The van der Waals surface area contributed by atoms with E-state index in [-0.39, 0.29) is 24.0 Å². The van der Waals surface area contributed by atoms with Crippen LogP contribution >= 0.6 is 0 Å². The number of hydrogen-bond donors (Lipinski definition) is 2. The van der Waals surface area contributed by atoms with Gasteiger partial charge in [0.15, 0.2) is 11.6 Å². The molecule has 2 fully saturated rings. The normalized spacial score (nSPS) is 17.7. The van der Waals surface area contributed by atoms with Crippen molar-refractivity contribution in [3.63, 3.8) is 0 Å². The van der Waals surface area contributed by atoms with Crippen molar-refractivity contribution in [2.75, 3.05) is 83.0 Å². The van der Waals surface area contributed by atoms with Gasteiger partial charge in [-0.25, -0.2) is 4.39 Å². The maximum absolute atomic E-state index is 15.5. The molecule has 1 aromatic carbocycles. The van der Waals surface area contributed by atoms with Gasteiger partial charge in [-0.2, -0.15) is 14.5 Å². The van der Waals surface area contributed by atoms with Crippen LogP contribution in [0.1, 0.15) is 11.1 Å². The molecule has 0 atom stereocenters. The standard InChI is InChI=1S/C26H33F2N7O2/c1-18-3-4-20-19(16-29-21(20)15-18)17-30-32-25-22(27)24(35-10-12-36-13-11-35)23(28)26(31-25)37-14-9-34-7-5-33(2)6-8-34/h3-4,15-17,29H,5-14H2,1-2H3,(H,31,32). The van der Waals surface area contributed by atoms with Crippen LogP contribution in [0.5, 0.6) is 5.88 Å². The maximum atomic E-state index is 15.5. The number of nitrogens with zero attached hydrogens (tertiary/aromatic N) is 5. The van der Waals surface area contributed by atoms with Crippen molar-refractivity contribution in [2.24, 2.45) is 5.10 Å². The number of aromatic nitrogens is 2. The molecule has 2 aliphatic heterocycles. The molecule has 11 heteroatoms. The van der Waals surface area contributed by atoms with Gasteiger partial charge in [0, 0.05) is 68.5 Å². The molecule has 198 valence electrons. The first-order valence-electron chi connectivity index (χ1n) is 12.6. The second kappa shape index (κ2) is 11.4. The van der Waals surface area contributed by atoms with Gasteiger partial charge in [0.05, 0.1) is 19.4 Å². The monoisotopic (exact) mass is 513 g/mol. The molecule has 0 radical (unpaired) electrons. The van der Waals surface area contributed by atoms with Gasteiger partial charge in [0.1, 0.15) is 12.3 Å². The number of pyridine rings is 1. The number of aromatic amines is 1. The second-order valence-electron chi connectivity index (χ2n) is 9.50. The topological polar surface area (TPSA) is 81.2 Å². The Kier molecular flexibility index (Phi) is 7.82. The van der Waals surface area contributed by atoms with Crippen molar-refractivity contribution in [2.45, 2.75) is 6.92 Å². The molecule has 37 heavy (non-hydrogen) atoms.